The van der Waals surface area contributed by atoms with Crippen LogP contribution in [0.2, 0.25) is 0 Å². The van der Waals surface area contributed by atoms with Gasteiger partial charge in [-0.3, -0.25) is 9.36 Å². The highest BCUT2D eigenvalue weighted by Crippen LogP contribution is 1.72. The lowest BCUT2D eigenvalue weighted by Gasteiger charge is -1.24. The Morgan fingerprint density at radius 1 is 1.75 bits per heavy atom. The van der Waals surface area contributed by atoms with Gasteiger partial charge in [-0.05, 0) is 0 Å². The first-order valence-corrected chi connectivity index (χ1v) is 1.42. The largest absolute Gasteiger partial charge is 0.300 e. The van der Waals surface area contributed by atoms with Crippen molar-refractivity contribution < 1.29 is 9.36 Å². The van der Waals surface area contributed by atoms with Crippen molar-refractivity contribution in [2.24, 2.45) is 0 Å². The second-order valence-corrected chi connectivity index (χ2v) is 0.548. The van der Waals surface area contributed by atoms with E-state index in [0.29, 0.717) is 0 Å². The highest BCUT2D eigenvalue weighted by atomic mass is 31.1. The van der Waals surface area contributed by atoms with Crippen molar-refractivity contribution in [3.8, 4) is 0 Å². The van der Waals surface area contributed by atoms with Crippen LogP contribution >= 0.6 is 8.46 Å². The van der Waals surface area contributed by atoms with Crippen molar-refractivity contribution in [1.82, 2.24) is 0 Å². The molecule has 4 heavy (non-hydrogen) atoms. The predicted molar refractivity (Wildman–Crippen MR) is 13.3 cm³/mol. The van der Waals surface area contributed by atoms with Gasteiger partial charge in [-0.1, -0.05) is 0 Å². The van der Waals surface area contributed by atoms with Gasteiger partial charge in [0, 0.05) is 0 Å². The van der Waals surface area contributed by atoms with Crippen molar-refractivity contribution in [3.63, 3.8) is 0 Å². The smallest absolute Gasteiger partial charge is 0.276 e. The predicted octanol–water partition coefficient (Wildman–Crippen LogP) is 0.345. The minimum Gasteiger partial charge on any atom is -0.276 e. The van der Waals surface area contributed by atoms with Crippen molar-refractivity contribution in [1.29, 1.82) is 0 Å². The van der Waals surface area contributed by atoms with Crippen molar-refractivity contribution in [2.75, 3.05) is 0 Å². The minimum absolute atomic E-state index is 0.557. The van der Waals surface area contributed by atoms with Crippen molar-refractivity contribution in [2.45, 2.75) is 0 Å². The fraction of sp³-hybridized carbons (Fsp3) is 0. The molecule has 0 fully saturated rings. The molecule has 0 unspecified atom stereocenters. The van der Waals surface area contributed by atoms with E-state index in [2.05, 4.69) is 0 Å². The molecule has 21 valence electrons. The third-order valence-corrected chi connectivity index (χ3v) is 0.112. The molecule has 0 aliphatic heterocycles. The zero-order chi connectivity index (χ0) is 3.41. The zero-order valence-electron chi connectivity index (χ0n) is 1.76. The molecule has 0 spiro atoms. The molecule has 0 bridgehead atoms. The van der Waals surface area contributed by atoms with E-state index in [1.807, 2.05) is 0 Å². The van der Waals surface area contributed by atoms with E-state index in [1.54, 1.807) is 0 Å². The first-order chi connectivity index (χ1) is 1.91. The summed E-state index contributed by atoms with van der Waals surface area (Å²) in [6.45, 7) is 0. The Bertz CT molecular complexity index is 27.0. The summed E-state index contributed by atoms with van der Waals surface area (Å²) < 4.78 is 8.85. The number of hydrogen-bond donors (Lipinski definition) is 0. The van der Waals surface area contributed by atoms with E-state index in [4.69, 9.17) is 9.36 Å². The van der Waals surface area contributed by atoms with Crippen LogP contribution in [0.4, 0.5) is 0 Å². The summed E-state index contributed by atoms with van der Waals surface area (Å²) in [6, 6.07) is 1.10. The van der Waals surface area contributed by atoms with Crippen LogP contribution in [0.25, 0.3) is 0 Å². The highest BCUT2D eigenvalue weighted by Gasteiger charge is 1.55. The molecule has 0 heterocycles. The van der Waals surface area contributed by atoms with Crippen LogP contribution < -0.4 is 0 Å². The van der Waals surface area contributed by atoms with Gasteiger partial charge in [0.25, 0.3) is 0 Å². The van der Waals surface area contributed by atoms with E-state index < -0.39 is 8.46 Å². The van der Waals surface area contributed by atoms with Gasteiger partial charge in [0.15, 0.2) is 0 Å². The molecule has 0 atom stereocenters. The lowest BCUT2D eigenvalue weighted by Crippen LogP contribution is -1.29. The number of rotatable bonds is 1. The van der Waals surface area contributed by atoms with E-state index >= 15 is 0 Å². The van der Waals surface area contributed by atoms with Gasteiger partial charge in [0.1, 0.15) is 0 Å². The standard InChI is InChI=1S/CO2P/c2-1-4-3. The summed E-state index contributed by atoms with van der Waals surface area (Å²) in [5, 5.41) is 0. The molecular formula is CO2P. The lowest BCUT2D eigenvalue weighted by molar-refractivity contribution is 0.562. The van der Waals surface area contributed by atoms with Crippen LogP contribution in [-0.2, 0) is 9.36 Å². The van der Waals surface area contributed by atoms with Crippen LogP contribution in [0.3, 0.4) is 0 Å². The summed E-state index contributed by atoms with van der Waals surface area (Å²) >= 11 is 0. The molecule has 0 rings (SSSR count). The number of carbonyl (C=O) groups excluding carboxylic acids is 1. The van der Waals surface area contributed by atoms with Crippen LogP contribution in [-0.4, -0.2) is 6.03 Å². The first-order valence-electron chi connectivity index (χ1n) is 0.610. The lowest BCUT2D eigenvalue weighted by atomic mass is 11.8. The third-order valence-electron chi connectivity index (χ3n) is 0.0373. The Morgan fingerprint density at radius 3 is 2.00 bits per heavy atom. The Balaban J connectivity index is 2.73. The summed E-state index contributed by atoms with van der Waals surface area (Å²) in [5.74, 6) is 0. The SMILES string of the molecule is O=[C]P=O. The molecule has 1 radical (unpaired) electrons. The van der Waals surface area contributed by atoms with Gasteiger partial charge >= 0.3 is 6.03 Å². The average molecular weight is 75.0 g/mol. The van der Waals surface area contributed by atoms with Gasteiger partial charge in [-0.25, -0.2) is 0 Å². The Kier molecular flexibility index (Phi) is 2.61. The first kappa shape index (κ1) is 3.77. The van der Waals surface area contributed by atoms with Crippen molar-refractivity contribution >= 4 is 14.5 Å². The monoisotopic (exact) mass is 75.0 g/mol. The molecule has 0 N–H and O–H groups in total. The van der Waals surface area contributed by atoms with Crippen LogP contribution in [0.1, 0.15) is 0 Å². The van der Waals surface area contributed by atoms with E-state index in [9.17, 15) is 0 Å². The summed E-state index contributed by atoms with van der Waals surface area (Å²) in [5.41, 5.74) is 0. The van der Waals surface area contributed by atoms with Crippen molar-refractivity contribution in [3.05, 3.63) is 0 Å². The average Bonchev–Trinajstić information content (AvgIpc) is 1.37. The maximum atomic E-state index is 8.85. The molecule has 2 nitrogen and oxygen atoms in total. The second kappa shape index (κ2) is 2.77. The minimum atomic E-state index is -0.557. The maximum absolute atomic E-state index is 8.85. The highest BCUT2D eigenvalue weighted by molar-refractivity contribution is 7.42. The number of hydrogen-bond acceptors (Lipinski definition) is 2. The normalized spacial score (nSPS) is 7.00. The topological polar surface area (TPSA) is 34.1 Å². The van der Waals surface area contributed by atoms with E-state index in [-0.39, 0.29) is 0 Å². The zero-order valence-corrected chi connectivity index (χ0v) is 2.66. The van der Waals surface area contributed by atoms with E-state index in [1.165, 1.54) is 0 Å². The summed E-state index contributed by atoms with van der Waals surface area (Å²) in [4.78, 5) is 8.72. The van der Waals surface area contributed by atoms with Gasteiger partial charge in [0.05, 0.1) is 0 Å². The fourth-order valence-corrected chi connectivity index (χ4v) is 0. The molecular weight excluding hydrogens is 75.0 g/mol. The Labute approximate surface area is 25.0 Å². The molecule has 0 amide bonds. The molecule has 0 aliphatic carbocycles. The second-order valence-electron chi connectivity index (χ2n) is 0.183. The summed E-state index contributed by atoms with van der Waals surface area (Å²) in [7, 11) is -0.557. The van der Waals surface area contributed by atoms with Gasteiger partial charge in [0.2, 0.25) is 8.46 Å². The molecule has 0 saturated heterocycles. The van der Waals surface area contributed by atoms with Crippen LogP contribution in [0.15, 0.2) is 0 Å². The molecule has 0 aliphatic rings. The molecule has 0 aromatic rings. The third kappa shape index (κ3) is 1.77. The van der Waals surface area contributed by atoms with Crippen LogP contribution in [0.5, 0.6) is 0 Å². The Hall–Kier alpha value is -0.230. The Morgan fingerprint density at radius 2 is 2.00 bits per heavy atom. The van der Waals surface area contributed by atoms with Gasteiger partial charge in [-0.2, -0.15) is 0 Å². The summed E-state index contributed by atoms with van der Waals surface area (Å²) in [6.07, 6.45) is 0. The molecule has 0 aromatic heterocycles. The van der Waals surface area contributed by atoms with Gasteiger partial charge < -0.3 is 0 Å². The van der Waals surface area contributed by atoms with Crippen LogP contribution in [0, 0.1) is 0 Å². The fourth-order valence-electron chi connectivity index (χ4n) is 0. The molecule has 3 heteroatoms. The van der Waals surface area contributed by atoms with Gasteiger partial charge in [-0.15, -0.1) is 0 Å². The molecule has 0 aromatic carbocycles. The maximum Gasteiger partial charge on any atom is 0.300 e. The quantitative estimate of drug-likeness (QED) is 0.421. The van der Waals surface area contributed by atoms with E-state index in [0.717, 1.165) is 6.03 Å². The molecule has 0 saturated carbocycles.